The quantitative estimate of drug-likeness (QED) is 0.487. The molecule has 132 valence electrons. The van der Waals surface area contributed by atoms with Crippen LogP contribution >= 0.6 is 0 Å². The fourth-order valence-corrected chi connectivity index (χ4v) is 3.71. The van der Waals surface area contributed by atoms with E-state index < -0.39 is 0 Å². The van der Waals surface area contributed by atoms with Crippen LogP contribution in [-0.2, 0) is 12.8 Å². The number of nitrogens with zero attached hydrogens (tertiary/aromatic N) is 5. The second-order valence-electron chi connectivity index (χ2n) is 6.86. The Bertz CT molecular complexity index is 1300. The minimum Gasteiger partial charge on any atom is -0.304 e. The molecule has 0 bridgehead atoms. The number of rotatable bonds is 3. The molecule has 5 rings (SSSR count). The Kier molecular flexibility index (Phi) is 3.60. The summed E-state index contributed by atoms with van der Waals surface area (Å²) < 4.78 is 2.17. The average molecular weight is 353 g/mol. The molecule has 0 spiro atoms. The standard InChI is InChI=1S/C22H19N5/c1-14-17-9-11-23-13-20(17)25-21(24-14)8-7-19-15(2)27-12-10-16-5-3-4-6-18(16)22(27)26-19/h3-6,9-13H,7-8H2,1-2H3. The van der Waals surface area contributed by atoms with Crippen LogP contribution in [0.25, 0.3) is 27.3 Å². The number of hydrogen-bond donors (Lipinski definition) is 0. The second-order valence-corrected chi connectivity index (χ2v) is 6.86. The van der Waals surface area contributed by atoms with Crippen molar-refractivity contribution in [2.75, 3.05) is 0 Å². The first-order valence-electron chi connectivity index (χ1n) is 9.13. The number of imidazole rings is 1. The Hall–Kier alpha value is -3.34. The minimum atomic E-state index is 0.758. The van der Waals surface area contributed by atoms with Gasteiger partial charge in [0.1, 0.15) is 11.5 Å². The summed E-state index contributed by atoms with van der Waals surface area (Å²) in [4.78, 5) is 18.5. The minimum absolute atomic E-state index is 0.758. The molecule has 5 heteroatoms. The van der Waals surface area contributed by atoms with Crippen molar-refractivity contribution >= 4 is 27.3 Å². The molecule has 4 aromatic heterocycles. The molecule has 27 heavy (non-hydrogen) atoms. The van der Waals surface area contributed by atoms with Gasteiger partial charge in [0.15, 0.2) is 0 Å². The Balaban J connectivity index is 1.52. The maximum Gasteiger partial charge on any atom is 0.145 e. The van der Waals surface area contributed by atoms with E-state index in [2.05, 4.69) is 62.8 Å². The molecular weight excluding hydrogens is 334 g/mol. The molecular formula is C22H19N5. The van der Waals surface area contributed by atoms with E-state index in [4.69, 9.17) is 4.98 Å². The molecule has 4 heterocycles. The lowest BCUT2D eigenvalue weighted by Crippen LogP contribution is -2.02. The maximum atomic E-state index is 4.94. The summed E-state index contributed by atoms with van der Waals surface area (Å²) in [7, 11) is 0. The predicted molar refractivity (Wildman–Crippen MR) is 107 cm³/mol. The average Bonchev–Trinajstić information content (AvgIpc) is 3.03. The summed E-state index contributed by atoms with van der Waals surface area (Å²) in [6, 6.07) is 12.5. The Labute approximate surface area is 156 Å². The first-order valence-corrected chi connectivity index (χ1v) is 9.13. The molecule has 0 aliphatic carbocycles. The first kappa shape index (κ1) is 15.9. The highest BCUT2D eigenvalue weighted by Gasteiger charge is 2.12. The topological polar surface area (TPSA) is 56.0 Å². The third kappa shape index (κ3) is 2.63. The SMILES string of the molecule is Cc1nc(CCc2nc3c4ccccc4ccn3c2C)nc2cnccc12. The lowest BCUT2D eigenvalue weighted by atomic mass is 10.2. The van der Waals surface area contributed by atoms with E-state index in [1.54, 1.807) is 12.4 Å². The van der Waals surface area contributed by atoms with E-state index in [-0.39, 0.29) is 0 Å². The van der Waals surface area contributed by atoms with Gasteiger partial charge < -0.3 is 4.40 Å². The third-order valence-corrected chi connectivity index (χ3v) is 5.17. The van der Waals surface area contributed by atoms with Gasteiger partial charge in [0.05, 0.1) is 17.4 Å². The lowest BCUT2D eigenvalue weighted by Gasteiger charge is -2.05. The van der Waals surface area contributed by atoms with E-state index in [9.17, 15) is 0 Å². The van der Waals surface area contributed by atoms with Gasteiger partial charge in [-0.25, -0.2) is 15.0 Å². The van der Waals surface area contributed by atoms with Gasteiger partial charge >= 0.3 is 0 Å². The van der Waals surface area contributed by atoms with Gasteiger partial charge in [-0.1, -0.05) is 24.3 Å². The van der Waals surface area contributed by atoms with Crippen LogP contribution in [0.5, 0.6) is 0 Å². The van der Waals surface area contributed by atoms with Crippen molar-refractivity contribution < 1.29 is 0 Å². The molecule has 0 fully saturated rings. The number of benzene rings is 1. The largest absolute Gasteiger partial charge is 0.304 e. The van der Waals surface area contributed by atoms with E-state index in [1.807, 2.05) is 13.0 Å². The van der Waals surface area contributed by atoms with Crippen molar-refractivity contribution in [2.24, 2.45) is 0 Å². The number of aromatic nitrogens is 5. The molecule has 0 saturated heterocycles. The molecule has 1 aromatic carbocycles. The van der Waals surface area contributed by atoms with E-state index in [0.717, 1.165) is 46.6 Å². The molecule has 0 aliphatic rings. The van der Waals surface area contributed by atoms with Crippen LogP contribution in [0.4, 0.5) is 0 Å². The van der Waals surface area contributed by atoms with Crippen LogP contribution in [0.2, 0.25) is 0 Å². The fourth-order valence-electron chi connectivity index (χ4n) is 3.71. The van der Waals surface area contributed by atoms with Gasteiger partial charge in [0.25, 0.3) is 0 Å². The second kappa shape index (κ2) is 6.13. The first-order chi connectivity index (χ1) is 13.2. The van der Waals surface area contributed by atoms with Crippen molar-refractivity contribution in [3.63, 3.8) is 0 Å². The molecule has 0 aliphatic heterocycles. The highest BCUT2D eigenvalue weighted by Crippen LogP contribution is 2.23. The molecule has 0 radical (unpaired) electrons. The van der Waals surface area contributed by atoms with Crippen molar-refractivity contribution in [3.8, 4) is 0 Å². The Morgan fingerprint density at radius 2 is 1.78 bits per heavy atom. The van der Waals surface area contributed by atoms with Crippen LogP contribution in [0.3, 0.4) is 0 Å². The normalized spacial score (nSPS) is 11.6. The number of pyridine rings is 2. The molecule has 0 saturated carbocycles. The molecule has 0 amide bonds. The Morgan fingerprint density at radius 1 is 0.889 bits per heavy atom. The summed E-state index contributed by atoms with van der Waals surface area (Å²) in [6.45, 7) is 4.15. The highest BCUT2D eigenvalue weighted by atomic mass is 15.0. The number of aryl methyl sites for hydroxylation is 4. The van der Waals surface area contributed by atoms with Gasteiger partial charge in [0.2, 0.25) is 0 Å². The summed E-state index contributed by atoms with van der Waals surface area (Å²) >= 11 is 0. The summed E-state index contributed by atoms with van der Waals surface area (Å²) in [5.41, 5.74) is 5.18. The van der Waals surface area contributed by atoms with E-state index in [0.29, 0.717) is 0 Å². The summed E-state index contributed by atoms with van der Waals surface area (Å²) in [5.74, 6) is 0.842. The van der Waals surface area contributed by atoms with E-state index >= 15 is 0 Å². The molecule has 0 N–H and O–H groups in total. The van der Waals surface area contributed by atoms with Crippen LogP contribution in [0.1, 0.15) is 22.9 Å². The number of fused-ring (bicyclic) bond motifs is 4. The summed E-state index contributed by atoms with van der Waals surface area (Å²) in [5, 5.41) is 3.45. The van der Waals surface area contributed by atoms with Crippen LogP contribution in [-0.4, -0.2) is 24.3 Å². The van der Waals surface area contributed by atoms with Gasteiger partial charge in [-0.05, 0) is 37.8 Å². The zero-order chi connectivity index (χ0) is 18.4. The zero-order valence-electron chi connectivity index (χ0n) is 15.3. The zero-order valence-corrected chi connectivity index (χ0v) is 15.3. The van der Waals surface area contributed by atoms with Gasteiger partial charge in [0, 0.05) is 41.0 Å². The van der Waals surface area contributed by atoms with Gasteiger partial charge in [-0.3, -0.25) is 4.98 Å². The van der Waals surface area contributed by atoms with Crippen LogP contribution in [0.15, 0.2) is 55.0 Å². The third-order valence-electron chi connectivity index (χ3n) is 5.17. The maximum absolute atomic E-state index is 4.94. The van der Waals surface area contributed by atoms with Gasteiger partial charge in [-0.2, -0.15) is 0 Å². The molecule has 0 atom stereocenters. The lowest BCUT2D eigenvalue weighted by molar-refractivity contribution is 0.836. The molecule has 5 aromatic rings. The molecule has 0 unspecified atom stereocenters. The fraction of sp³-hybridized carbons (Fsp3) is 0.182. The van der Waals surface area contributed by atoms with E-state index in [1.165, 1.54) is 16.5 Å². The van der Waals surface area contributed by atoms with Crippen LogP contribution < -0.4 is 0 Å². The van der Waals surface area contributed by atoms with Crippen LogP contribution in [0, 0.1) is 13.8 Å². The monoisotopic (exact) mass is 353 g/mol. The smallest absolute Gasteiger partial charge is 0.145 e. The van der Waals surface area contributed by atoms with Crippen molar-refractivity contribution in [2.45, 2.75) is 26.7 Å². The van der Waals surface area contributed by atoms with Crippen molar-refractivity contribution in [1.82, 2.24) is 24.3 Å². The predicted octanol–water partition coefficient (Wildman–Crippen LogP) is 4.23. The Morgan fingerprint density at radius 3 is 2.70 bits per heavy atom. The van der Waals surface area contributed by atoms with Crippen molar-refractivity contribution in [3.05, 3.63) is 77.9 Å². The molecule has 5 nitrogen and oxygen atoms in total. The number of hydrogen-bond acceptors (Lipinski definition) is 4. The van der Waals surface area contributed by atoms with Gasteiger partial charge in [-0.15, -0.1) is 0 Å². The summed E-state index contributed by atoms with van der Waals surface area (Å²) in [6.07, 6.45) is 7.26. The van der Waals surface area contributed by atoms with Crippen molar-refractivity contribution in [1.29, 1.82) is 0 Å². The highest BCUT2D eigenvalue weighted by molar-refractivity contribution is 5.94.